The van der Waals surface area contributed by atoms with Gasteiger partial charge >= 0.3 is 6.18 Å². The summed E-state index contributed by atoms with van der Waals surface area (Å²) in [4.78, 5) is 11.5. The lowest BCUT2D eigenvalue weighted by Gasteiger charge is -2.19. The summed E-state index contributed by atoms with van der Waals surface area (Å²) in [5.41, 5.74) is 0.207. The second kappa shape index (κ2) is 6.21. The van der Waals surface area contributed by atoms with E-state index >= 15 is 0 Å². The van der Waals surface area contributed by atoms with E-state index in [1.807, 2.05) is 0 Å². The lowest BCUT2D eigenvalue weighted by atomic mass is 9.91. The Morgan fingerprint density at radius 2 is 2.05 bits per heavy atom. The third kappa shape index (κ3) is 3.81. The van der Waals surface area contributed by atoms with E-state index < -0.39 is 34.9 Å². The molecule has 0 aliphatic rings. The Morgan fingerprint density at radius 1 is 1.42 bits per heavy atom. The molecular weight excluding hydrogens is 288 g/mol. The Bertz CT molecular complexity index is 464. The molecule has 1 unspecified atom stereocenters. The maximum atomic E-state index is 13.1. The van der Waals surface area contributed by atoms with Gasteiger partial charge in [0.2, 0.25) is 5.91 Å². The minimum atomic E-state index is -4.69. The Kier molecular flexibility index (Phi) is 5.13. The zero-order valence-corrected chi connectivity index (χ0v) is 10.4. The Morgan fingerprint density at radius 3 is 2.53 bits per heavy atom. The minimum absolute atomic E-state index is 0.0636. The van der Waals surface area contributed by atoms with Crippen molar-refractivity contribution in [1.29, 1.82) is 0 Å². The molecule has 0 aliphatic carbocycles. The first kappa shape index (κ1) is 15.7. The third-order valence-electron chi connectivity index (χ3n) is 2.55. The highest BCUT2D eigenvalue weighted by molar-refractivity contribution is 6.18. The van der Waals surface area contributed by atoms with Gasteiger partial charge in [-0.3, -0.25) is 10.2 Å². The van der Waals surface area contributed by atoms with Gasteiger partial charge in [-0.15, -0.1) is 11.6 Å². The summed E-state index contributed by atoms with van der Waals surface area (Å²) in [7, 11) is 0. The quantitative estimate of drug-likeness (QED) is 0.295. The van der Waals surface area contributed by atoms with E-state index in [1.165, 1.54) is 0 Å². The van der Waals surface area contributed by atoms with Crippen molar-refractivity contribution in [3.8, 4) is 0 Å². The van der Waals surface area contributed by atoms with Gasteiger partial charge in [-0.1, -0.05) is 0 Å². The number of carbonyl (C=O) groups excluding carboxylic acids is 1. The van der Waals surface area contributed by atoms with Gasteiger partial charge in [0.25, 0.3) is 0 Å². The molecule has 1 amide bonds. The van der Waals surface area contributed by atoms with Gasteiger partial charge < -0.3 is 0 Å². The Labute approximate surface area is 111 Å². The molecule has 1 rings (SSSR count). The number of nitrogens with two attached hydrogens (primary N) is 1. The van der Waals surface area contributed by atoms with Crippen molar-refractivity contribution in [3.63, 3.8) is 0 Å². The highest BCUT2D eigenvalue weighted by atomic mass is 35.5. The number of halogens is 5. The van der Waals surface area contributed by atoms with Gasteiger partial charge in [-0.2, -0.15) is 13.2 Å². The number of carbonyl (C=O) groups is 1. The van der Waals surface area contributed by atoms with Gasteiger partial charge in [-0.25, -0.2) is 10.2 Å². The summed E-state index contributed by atoms with van der Waals surface area (Å²) in [6.07, 6.45) is -4.78. The average Bonchev–Trinajstić information content (AvgIpc) is 2.33. The topological polar surface area (TPSA) is 55.1 Å². The number of amides is 1. The molecule has 1 aromatic carbocycles. The van der Waals surface area contributed by atoms with Crippen molar-refractivity contribution in [2.24, 2.45) is 5.84 Å². The fourth-order valence-electron chi connectivity index (χ4n) is 1.72. The molecule has 8 heteroatoms. The van der Waals surface area contributed by atoms with Crippen molar-refractivity contribution in [2.75, 3.05) is 5.88 Å². The largest absolute Gasteiger partial charge is 0.416 e. The minimum Gasteiger partial charge on any atom is -0.294 e. The van der Waals surface area contributed by atoms with Gasteiger partial charge in [0.15, 0.2) is 0 Å². The van der Waals surface area contributed by atoms with Gasteiger partial charge in [-0.05, 0) is 30.2 Å². The third-order valence-corrected chi connectivity index (χ3v) is 2.77. The summed E-state index contributed by atoms with van der Waals surface area (Å²) in [6, 6.07) is 1.95. The second-order valence-electron chi connectivity index (χ2n) is 3.77. The summed E-state index contributed by atoms with van der Waals surface area (Å²) >= 11 is 5.46. The predicted octanol–water partition coefficient (Wildman–Crippen LogP) is 2.55. The zero-order chi connectivity index (χ0) is 14.6. The zero-order valence-electron chi connectivity index (χ0n) is 9.60. The smallest absolute Gasteiger partial charge is 0.294 e. The number of hydrogen-bond acceptors (Lipinski definition) is 2. The normalized spacial score (nSPS) is 13.2. The number of alkyl halides is 4. The number of rotatable bonds is 4. The van der Waals surface area contributed by atoms with Crippen molar-refractivity contribution >= 4 is 17.5 Å². The van der Waals surface area contributed by atoms with Crippen molar-refractivity contribution in [1.82, 2.24) is 5.43 Å². The molecule has 0 saturated carbocycles. The number of hydrazine groups is 1. The van der Waals surface area contributed by atoms with Crippen LogP contribution in [-0.4, -0.2) is 11.8 Å². The maximum absolute atomic E-state index is 13.1. The van der Waals surface area contributed by atoms with E-state index in [0.717, 1.165) is 0 Å². The molecule has 0 fully saturated rings. The molecule has 19 heavy (non-hydrogen) atoms. The van der Waals surface area contributed by atoms with Gasteiger partial charge in [0.1, 0.15) is 5.82 Å². The first-order valence-corrected chi connectivity index (χ1v) is 5.77. The molecule has 0 heterocycles. The molecule has 1 aromatic rings. The average molecular weight is 299 g/mol. The van der Waals surface area contributed by atoms with E-state index in [-0.39, 0.29) is 12.3 Å². The standard InChI is InChI=1S/C11H11ClF4N2O/c12-4-3-7(10(19)18-17)8-5-6(13)1-2-9(8)11(14,15)16/h1-2,5,7H,3-4,17H2,(H,18,19). The molecule has 0 spiro atoms. The van der Waals surface area contributed by atoms with E-state index in [0.29, 0.717) is 18.2 Å². The van der Waals surface area contributed by atoms with Gasteiger partial charge in [0.05, 0.1) is 11.5 Å². The van der Waals surface area contributed by atoms with Crippen LogP contribution in [0.4, 0.5) is 17.6 Å². The molecule has 3 N–H and O–H groups in total. The van der Waals surface area contributed by atoms with Crippen LogP contribution in [0.15, 0.2) is 18.2 Å². The van der Waals surface area contributed by atoms with E-state index in [2.05, 4.69) is 0 Å². The second-order valence-corrected chi connectivity index (χ2v) is 4.15. The molecule has 106 valence electrons. The summed E-state index contributed by atoms with van der Waals surface area (Å²) < 4.78 is 51.6. The van der Waals surface area contributed by atoms with Crippen molar-refractivity contribution in [2.45, 2.75) is 18.5 Å². The molecule has 0 aromatic heterocycles. The van der Waals surface area contributed by atoms with Crippen LogP contribution in [0.5, 0.6) is 0 Å². The first-order valence-electron chi connectivity index (χ1n) is 5.24. The summed E-state index contributed by atoms with van der Waals surface area (Å²) in [6.45, 7) is 0. The van der Waals surface area contributed by atoms with E-state index in [1.54, 1.807) is 5.43 Å². The summed E-state index contributed by atoms with van der Waals surface area (Å²) in [5, 5.41) is 0. The van der Waals surface area contributed by atoms with Crippen LogP contribution in [0.25, 0.3) is 0 Å². The molecule has 0 aliphatic heterocycles. The fraction of sp³-hybridized carbons (Fsp3) is 0.364. The fourth-order valence-corrected chi connectivity index (χ4v) is 1.94. The van der Waals surface area contributed by atoms with Crippen LogP contribution >= 0.6 is 11.6 Å². The monoisotopic (exact) mass is 298 g/mol. The number of benzene rings is 1. The highest BCUT2D eigenvalue weighted by Gasteiger charge is 2.36. The lowest BCUT2D eigenvalue weighted by Crippen LogP contribution is -2.35. The summed E-state index contributed by atoms with van der Waals surface area (Å²) in [5.74, 6) is 1.88. The molecule has 1 atom stereocenters. The van der Waals surface area contributed by atoms with Crippen LogP contribution in [-0.2, 0) is 11.0 Å². The Balaban J connectivity index is 3.35. The van der Waals surface area contributed by atoms with Crippen molar-refractivity contribution < 1.29 is 22.4 Å². The molecule has 0 bridgehead atoms. The Hall–Kier alpha value is -1.34. The molecule has 3 nitrogen and oxygen atoms in total. The SMILES string of the molecule is NNC(=O)C(CCCl)c1cc(F)ccc1C(F)(F)F. The highest BCUT2D eigenvalue weighted by Crippen LogP contribution is 2.36. The molecular formula is C11H11ClF4N2O. The lowest BCUT2D eigenvalue weighted by molar-refractivity contribution is -0.138. The van der Waals surface area contributed by atoms with E-state index in [9.17, 15) is 22.4 Å². The van der Waals surface area contributed by atoms with Crippen LogP contribution in [0.1, 0.15) is 23.5 Å². The number of nitrogens with one attached hydrogen (secondary N) is 1. The maximum Gasteiger partial charge on any atom is 0.416 e. The van der Waals surface area contributed by atoms with Gasteiger partial charge in [0, 0.05) is 5.88 Å². The molecule has 0 saturated heterocycles. The first-order chi connectivity index (χ1) is 8.81. The van der Waals surface area contributed by atoms with Crippen LogP contribution in [0.3, 0.4) is 0 Å². The van der Waals surface area contributed by atoms with Crippen LogP contribution < -0.4 is 11.3 Å². The van der Waals surface area contributed by atoms with Crippen LogP contribution in [0.2, 0.25) is 0 Å². The van der Waals surface area contributed by atoms with Crippen molar-refractivity contribution in [3.05, 3.63) is 35.1 Å². The predicted molar refractivity (Wildman–Crippen MR) is 61.8 cm³/mol. The van der Waals surface area contributed by atoms with Crippen LogP contribution in [0, 0.1) is 5.82 Å². The van der Waals surface area contributed by atoms with E-state index in [4.69, 9.17) is 17.4 Å². The molecule has 0 radical (unpaired) electrons. The number of hydrogen-bond donors (Lipinski definition) is 2.